The van der Waals surface area contributed by atoms with Gasteiger partial charge in [-0.05, 0) is 44.5 Å². The van der Waals surface area contributed by atoms with Crippen molar-refractivity contribution < 1.29 is 4.79 Å². The molecule has 0 unspecified atom stereocenters. The number of piperidine rings is 1. The number of nitrogens with zero attached hydrogens (tertiary/aromatic N) is 3. The van der Waals surface area contributed by atoms with Crippen molar-refractivity contribution in [3.63, 3.8) is 0 Å². The van der Waals surface area contributed by atoms with Crippen LogP contribution in [-0.2, 0) is 4.79 Å². The summed E-state index contributed by atoms with van der Waals surface area (Å²) in [7, 11) is 0. The van der Waals surface area contributed by atoms with E-state index in [0.29, 0.717) is 12.5 Å². The molecule has 4 nitrogen and oxygen atoms in total. The van der Waals surface area contributed by atoms with Crippen LogP contribution >= 0.6 is 11.6 Å². The summed E-state index contributed by atoms with van der Waals surface area (Å²) < 4.78 is 0. The fourth-order valence-electron chi connectivity index (χ4n) is 4.07. The lowest BCUT2D eigenvalue weighted by molar-refractivity contribution is -0.139. The van der Waals surface area contributed by atoms with Crippen molar-refractivity contribution in [2.45, 2.75) is 25.8 Å². The number of carbonyl (C=O) groups is 1. The monoisotopic (exact) mass is 373 g/mol. The Balaban J connectivity index is 1.50. The first-order valence-corrected chi connectivity index (χ1v) is 9.91. The molecule has 1 aromatic rings. The Labute approximate surface area is 162 Å². The SMILES string of the molecule is C#CCN1CCC(C(=O)N2CCN([C@@H](C)c3ccccc3Cl)CC2)CC1. The van der Waals surface area contributed by atoms with Gasteiger partial charge in [0.15, 0.2) is 0 Å². The molecule has 2 aliphatic heterocycles. The van der Waals surface area contributed by atoms with E-state index < -0.39 is 0 Å². The molecule has 2 saturated heterocycles. The van der Waals surface area contributed by atoms with E-state index in [0.717, 1.165) is 62.7 Å². The lowest BCUT2D eigenvalue weighted by Gasteiger charge is -2.40. The van der Waals surface area contributed by atoms with Crippen molar-refractivity contribution in [3.05, 3.63) is 34.9 Å². The second kappa shape index (κ2) is 8.90. The van der Waals surface area contributed by atoms with Crippen molar-refractivity contribution in [1.29, 1.82) is 0 Å². The van der Waals surface area contributed by atoms with Crippen LogP contribution in [0.4, 0.5) is 0 Å². The summed E-state index contributed by atoms with van der Waals surface area (Å²) in [6.07, 6.45) is 7.23. The zero-order chi connectivity index (χ0) is 18.5. The van der Waals surface area contributed by atoms with Crippen LogP contribution in [0.25, 0.3) is 0 Å². The first-order valence-electron chi connectivity index (χ1n) is 9.53. The fourth-order valence-corrected chi connectivity index (χ4v) is 4.36. The standard InChI is InChI=1S/C21H28ClN3O/c1-3-10-23-11-8-18(9-12-23)21(26)25-15-13-24(14-16-25)17(2)19-6-4-5-7-20(19)22/h1,4-7,17-18H,8-16H2,2H3/t17-/m0/s1. The van der Waals surface area contributed by atoms with Crippen molar-refractivity contribution in [2.24, 2.45) is 5.92 Å². The second-order valence-corrected chi connectivity index (χ2v) is 7.72. The first-order chi connectivity index (χ1) is 12.6. The minimum absolute atomic E-state index is 0.163. The minimum atomic E-state index is 0.163. The molecule has 2 heterocycles. The summed E-state index contributed by atoms with van der Waals surface area (Å²) in [4.78, 5) is 19.6. The van der Waals surface area contributed by atoms with Gasteiger partial charge in [0.1, 0.15) is 0 Å². The summed E-state index contributed by atoms with van der Waals surface area (Å²) in [6.45, 7) is 8.16. The fraction of sp³-hybridized carbons (Fsp3) is 0.571. The number of carbonyl (C=O) groups excluding carboxylic acids is 1. The Morgan fingerprint density at radius 2 is 1.85 bits per heavy atom. The molecular formula is C21H28ClN3O. The molecule has 0 bridgehead atoms. The van der Waals surface area contributed by atoms with Gasteiger partial charge in [-0.2, -0.15) is 0 Å². The maximum absolute atomic E-state index is 12.8. The van der Waals surface area contributed by atoms with Gasteiger partial charge in [-0.25, -0.2) is 0 Å². The molecule has 26 heavy (non-hydrogen) atoms. The molecule has 0 radical (unpaired) electrons. The largest absolute Gasteiger partial charge is 0.340 e. The number of piperazine rings is 1. The molecule has 2 fully saturated rings. The number of rotatable bonds is 4. The highest BCUT2D eigenvalue weighted by atomic mass is 35.5. The molecule has 0 N–H and O–H groups in total. The average molecular weight is 374 g/mol. The second-order valence-electron chi connectivity index (χ2n) is 7.31. The van der Waals surface area contributed by atoms with E-state index in [1.807, 2.05) is 18.2 Å². The lowest BCUT2D eigenvalue weighted by atomic mass is 9.95. The first kappa shape index (κ1) is 19.2. The van der Waals surface area contributed by atoms with E-state index in [9.17, 15) is 4.79 Å². The van der Waals surface area contributed by atoms with Gasteiger partial charge in [0.25, 0.3) is 0 Å². The van der Waals surface area contributed by atoms with E-state index in [4.69, 9.17) is 18.0 Å². The van der Waals surface area contributed by atoms with Gasteiger partial charge in [0.05, 0.1) is 6.54 Å². The number of terminal acetylenes is 1. The van der Waals surface area contributed by atoms with Crippen molar-refractivity contribution >= 4 is 17.5 Å². The van der Waals surface area contributed by atoms with Crippen LogP contribution in [-0.4, -0.2) is 66.4 Å². The topological polar surface area (TPSA) is 26.8 Å². The van der Waals surface area contributed by atoms with E-state index in [-0.39, 0.29) is 12.0 Å². The Morgan fingerprint density at radius 1 is 1.19 bits per heavy atom. The van der Waals surface area contributed by atoms with Crippen LogP contribution in [0.2, 0.25) is 5.02 Å². The molecule has 5 heteroatoms. The van der Waals surface area contributed by atoms with Crippen LogP contribution in [0.1, 0.15) is 31.4 Å². The van der Waals surface area contributed by atoms with Gasteiger partial charge < -0.3 is 4.90 Å². The quantitative estimate of drug-likeness (QED) is 0.759. The zero-order valence-corrected chi connectivity index (χ0v) is 16.3. The Morgan fingerprint density at radius 3 is 2.46 bits per heavy atom. The molecule has 140 valence electrons. The van der Waals surface area contributed by atoms with E-state index in [1.54, 1.807) is 0 Å². The molecule has 1 atom stereocenters. The van der Waals surface area contributed by atoms with Crippen LogP contribution in [0.15, 0.2) is 24.3 Å². The van der Waals surface area contributed by atoms with Crippen molar-refractivity contribution in [1.82, 2.24) is 14.7 Å². The maximum atomic E-state index is 12.8. The van der Waals surface area contributed by atoms with Gasteiger partial charge >= 0.3 is 0 Å². The Kier molecular flexibility index (Phi) is 6.58. The van der Waals surface area contributed by atoms with E-state index in [1.165, 1.54) is 0 Å². The highest BCUT2D eigenvalue weighted by Crippen LogP contribution is 2.28. The molecule has 0 spiro atoms. The van der Waals surface area contributed by atoms with Crippen LogP contribution in [0.5, 0.6) is 0 Å². The number of amides is 1. The molecule has 0 saturated carbocycles. The number of hydrogen-bond donors (Lipinski definition) is 0. The molecule has 2 aliphatic rings. The van der Waals surface area contributed by atoms with Gasteiger partial charge in [0.2, 0.25) is 5.91 Å². The average Bonchev–Trinajstić information content (AvgIpc) is 2.68. The highest BCUT2D eigenvalue weighted by molar-refractivity contribution is 6.31. The number of halogens is 1. The molecule has 1 aromatic carbocycles. The maximum Gasteiger partial charge on any atom is 0.225 e. The summed E-state index contributed by atoms with van der Waals surface area (Å²) in [5.41, 5.74) is 1.16. The smallest absolute Gasteiger partial charge is 0.225 e. The van der Waals surface area contributed by atoms with Crippen LogP contribution in [0, 0.1) is 18.3 Å². The van der Waals surface area contributed by atoms with Crippen LogP contribution < -0.4 is 0 Å². The summed E-state index contributed by atoms with van der Waals surface area (Å²) >= 11 is 6.35. The predicted octanol–water partition coefficient (Wildman–Crippen LogP) is 2.89. The molecule has 1 amide bonds. The number of likely N-dealkylation sites (tertiary alicyclic amines) is 1. The van der Waals surface area contributed by atoms with Gasteiger partial charge in [0, 0.05) is 43.2 Å². The number of benzene rings is 1. The van der Waals surface area contributed by atoms with Crippen molar-refractivity contribution in [2.75, 3.05) is 45.8 Å². The zero-order valence-electron chi connectivity index (χ0n) is 15.5. The molecule has 0 aliphatic carbocycles. The van der Waals surface area contributed by atoms with E-state index >= 15 is 0 Å². The summed E-state index contributed by atoms with van der Waals surface area (Å²) in [5.74, 6) is 3.19. The molecule has 3 rings (SSSR count). The molecular weight excluding hydrogens is 346 g/mol. The summed E-state index contributed by atoms with van der Waals surface area (Å²) in [5, 5.41) is 0.817. The minimum Gasteiger partial charge on any atom is -0.340 e. The Hall–Kier alpha value is -1.54. The Bertz CT molecular complexity index is 655. The number of hydrogen-bond acceptors (Lipinski definition) is 3. The normalized spacial score (nSPS) is 21.3. The summed E-state index contributed by atoms with van der Waals surface area (Å²) in [6, 6.07) is 8.30. The van der Waals surface area contributed by atoms with Crippen molar-refractivity contribution in [3.8, 4) is 12.3 Å². The third-order valence-electron chi connectivity index (χ3n) is 5.78. The highest BCUT2D eigenvalue weighted by Gasteiger charge is 2.31. The third-order valence-corrected chi connectivity index (χ3v) is 6.12. The van der Waals surface area contributed by atoms with Gasteiger partial charge in [-0.1, -0.05) is 35.7 Å². The molecule has 0 aromatic heterocycles. The van der Waals surface area contributed by atoms with Crippen LogP contribution in [0.3, 0.4) is 0 Å². The third kappa shape index (κ3) is 4.40. The van der Waals surface area contributed by atoms with Gasteiger partial charge in [-0.15, -0.1) is 6.42 Å². The lowest BCUT2D eigenvalue weighted by Crippen LogP contribution is -2.52. The predicted molar refractivity (Wildman–Crippen MR) is 106 cm³/mol. The van der Waals surface area contributed by atoms with E-state index in [2.05, 4.69) is 33.6 Å². The van der Waals surface area contributed by atoms with Gasteiger partial charge in [-0.3, -0.25) is 14.6 Å².